The van der Waals surface area contributed by atoms with Crippen molar-refractivity contribution in [3.8, 4) is 0 Å². The van der Waals surface area contributed by atoms with E-state index in [4.69, 9.17) is 16.3 Å². The minimum absolute atomic E-state index is 0.272. The zero-order valence-corrected chi connectivity index (χ0v) is 16.4. The number of esters is 1. The number of hydrogen-bond acceptors (Lipinski definition) is 5. The van der Waals surface area contributed by atoms with E-state index in [1.807, 2.05) is 6.92 Å². The third-order valence-electron chi connectivity index (χ3n) is 3.64. The second-order valence-corrected chi connectivity index (χ2v) is 7.37. The number of thiophene rings is 1. The Morgan fingerprint density at radius 1 is 1.12 bits per heavy atom. The Kier molecular flexibility index (Phi) is 6.39. The van der Waals surface area contributed by atoms with Crippen molar-refractivity contribution in [2.24, 2.45) is 0 Å². The van der Waals surface area contributed by atoms with Crippen LogP contribution in [0.15, 0.2) is 24.3 Å². The number of halogens is 1. The van der Waals surface area contributed by atoms with Crippen molar-refractivity contribution in [1.82, 2.24) is 0 Å². The van der Waals surface area contributed by atoms with Gasteiger partial charge in [-0.1, -0.05) is 11.6 Å². The first kappa shape index (κ1) is 19.9. The molecule has 1 heterocycles. The Balaban J connectivity index is 2.10. The zero-order chi connectivity index (χ0) is 19.4. The molecule has 1 atom stereocenters. The fourth-order valence-corrected chi connectivity index (χ4v) is 3.39. The maximum Gasteiger partial charge on any atom is 0.342 e. The first-order valence-corrected chi connectivity index (χ1v) is 9.03. The molecule has 0 aliphatic carbocycles. The molecule has 0 unspecified atom stereocenters. The van der Waals surface area contributed by atoms with Crippen LogP contribution in [0.2, 0.25) is 5.02 Å². The first-order valence-electron chi connectivity index (χ1n) is 7.84. The average molecular weight is 395 g/mol. The molecule has 26 heavy (non-hydrogen) atoms. The summed E-state index contributed by atoms with van der Waals surface area (Å²) in [4.78, 5) is 37.0. The number of benzene rings is 1. The van der Waals surface area contributed by atoms with E-state index in [0.29, 0.717) is 21.3 Å². The molecule has 0 radical (unpaired) electrons. The molecular weight excluding hydrogens is 376 g/mol. The van der Waals surface area contributed by atoms with Crippen LogP contribution in [0.3, 0.4) is 0 Å². The lowest BCUT2D eigenvalue weighted by molar-refractivity contribution is -0.123. The van der Waals surface area contributed by atoms with Crippen LogP contribution >= 0.6 is 22.9 Å². The topological polar surface area (TPSA) is 84.5 Å². The first-order chi connectivity index (χ1) is 12.2. The summed E-state index contributed by atoms with van der Waals surface area (Å²) in [5.41, 5.74) is 1.53. The van der Waals surface area contributed by atoms with Gasteiger partial charge in [0.2, 0.25) is 5.91 Å². The number of carbonyl (C=O) groups excluding carboxylic acids is 3. The average Bonchev–Trinajstić information content (AvgIpc) is 2.82. The lowest BCUT2D eigenvalue weighted by Gasteiger charge is -2.14. The summed E-state index contributed by atoms with van der Waals surface area (Å²) in [6.07, 6.45) is -1.01. The second kappa shape index (κ2) is 8.33. The van der Waals surface area contributed by atoms with Gasteiger partial charge in [-0.15, -0.1) is 11.3 Å². The van der Waals surface area contributed by atoms with Gasteiger partial charge in [-0.25, -0.2) is 4.79 Å². The smallest absolute Gasteiger partial charge is 0.342 e. The molecule has 0 spiro atoms. The van der Waals surface area contributed by atoms with Crippen molar-refractivity contribution in [3.05, 3.63) is 45.3 Å². The molecule has 6 nitrogen and oxygen atoms in total. The quantitative estimate of drug-likeness (QED) is 0.745. The predicted molar refractivity (Wildman–Crippen MR) is 103 cm³/mol. The maximum absolute atomic E-state index is 12.5. The second-order valence-electron chi connectivity index (χ2n) is 5.71. The molecular formula is C18H19ClN2O4S. The van der Waals surface area contributed by atoms with Gasteiger partial charge in [0, 0.05) is 22.5 Å². The summed E-state index contributed by atoms with van der Waals surface area (Å²) in [6, 6.07) is 6.59. The van der Waals surface area contributed by atoms with E-state index in [-0.39, 0.29) is 11.5 Å². The molecule has 138 valence electrons. The number of carbonyl (C=O) groups is 3. The normalized spacial score (nSPS) is 11.6. The Morgan fingerprint density at radius 2 is 1.73 bits per heavy atom. The number of aryl methyl sites for hydroxylation is 1. The summed E-state index contributed by atoms with van der Waals surface area (Å²) in [5.74, 6) is -1.41. The highest BCUT2D eigenvalue weighted by Crippen LogP contribution is 2.33. The number of ether oxygens (including phenoxy) is 1. The van der Waals surface area contributed by atoms with Crippen molar-refractivity contribution in [3.63, 3.8) is 0 Å². The molecule has 2 N–H and O–H groups in total. The lowest BCUT2D eigenvalue weighted by atomic mass is 10.1. The van der Waals surface area contributed by atoms with Gasteiger partial charge < -0.3 is 15.4 Å². The van der Waals surface area contributed by atoms with Gasteiger partial charge in [-0.3, -0.25) is 9.59 Å². The predicted octanol–water partition coefficient (Wildman–Crippen LogP) is 4.16. The fraction of sp³-hybridized carbons (Fsp3) is 0.278. The summed E-state index contributed by atoms with van der Waals surface area (Å²) in [7, 11) is 0. The largest absolute Gasteiger partial charge is 0.449 e. The summed E-state index contributed by atoms with van der Waals surface area (Å²) in [6.45, 7) is 6.46. The van der Waals surface area contributed by atoms with Crippen LogP contribution < -0.4 is 10.6 Å². The van der Waals surface area contributed by atoms with Crippen LogP contribution in [0.4, 0.5) is 10.7 Å². The van der Waals surface area contributed by atoms with Crippen molar-refractivity contribution in [2.45, 2.75) is 33.8 Å². The highest BCUT2D eigenvalue weighted by Gasteiger charge is 2.25. The summed E-state index contributed by atoms with van der Waals surface area (Å²) in [5, 5.41) is 6.25. The lowest BCUT2D eigenvalue weighted by Crippen LogP contribution is -2.30. The number of hydrogen-bond donors (Lipinski definition) is 2. The van der Waals surface area contributed by atoms with Crippen molar-refractivity contribution >= 4 is 51.4 Å². The fourth-order valence-electron chi connectivity index (χ4n) is 2.17. The van der Waals surface area contributed by atoms with E-state index in [0.717, 1.165) is 4.88 Å². The molecule has 2 rings (SSSR count). The Labute approximate surface area is 160 Å². The van der Waals surface area contributed by atoms with E-state index >= 15 is 0 Å². The summed E-state index contributed by atoms with van der Waals surface area (Å²) < 4.78 is 5.29. The Hall–Kier alpha value is -2.38. The van der Waals surface area contributed by atoms with Gasteiger partial charge in [-0.2, -0.15) is 0 Å². The molecule has 1 aromatic carbocycles. The van der Waals surface area contributed by atoms with E-state index < -0.39 is 18.0 Å². The molecule has 0 saturated heterocycles. The van der Waals surface area contributed by atoms with Gasteiger partial charge in [0.15, 0.2) is 6.10 Å². The van der Waals surface area contributed by atoms with Gasteiger partial charge in [0.1, 0.15) is 5.00 Å². The number of rotatable bonds is 5. The molecule has 0 aliphatic rings. The van der Waals surface area contributed by atoms with E-state index in [1.165, 1.54) is 25.2 Å². The molecule has 8 heteroatoms. The Morgan fingerprint density at radius 3 is 2.31 bits per heavy atom. The van der Waals surface area contributed by atoms with Crippen molar-refractivity contribution < 1.29 is 19.1 Å². The minimum Gasteiger partial charge on any atom is -0.449 e. The zero-order valence-electron chi connectivity index (χ0n) is 14.8. The molecule has 0 bridgehead atoms. The third-order valence-corrected chi connectivity index (χ3v) is 5.02. The van der Waals surface area contributed by atoms with E-state index in [9.17, 15) is 14.4 Å². The van der Waals surface area contributed by atoms with E-state index in [2.05, 4.69) is 10.6 Å². The third kappa shape index (κ3) is 4.83. The SMILES string of the molecule is CC(=O)Nc1sc(C)c(C)c1C(=O)O[C@H](C)C(=O)Nc1ccc(Cl)cc1. The highest BCUT2D eigenvalue weighted by atomic mass is 35.5. The van der Waals surface area contributed by atoms with Crippen LogP contribution in [-0.2, 0) is 14.3 Å². The molecule has 2 amide bonds. The van der Waals surface area contributed by atoms with Crippen molar-refractivity contribution in [1.29, 1.82) is 0 Å². The highest BCUT2D eigenvalue weighted by molar-refractivity contribution is 7.16. The van der Waals surface area contributed by atoms with E-state index in [1.54, 1.807) is 31.2 Å². The molecule has 0 fully saturated rings. The molecule has 2 aromatic rings. The van der Waals surface area contributed by atoms with Crippen molar-refractivity contribution in [2.75, 3.05) is 10.6 Å². The summed E-state index contributed by atoms with van der Waals surface area (Å²) >= 11 is 7.10. The number of anilines is 2. The Bertz CT molecular complexity index is 846. The van der Waals surface area contributed by atoms with Crippen LogP contribution in [-0.4, -0.2) is 23.9 Å². The van der Waals surface area contributed by atoms with Crippen LogP contribution in [0, 0.1) is 13.8 Å². The standard InChI is InChI=1S/C18H19ClN2O4S/c1-9-11(3)26-17(20-12(4)22)15(9)18(24)25-10(2)16(23)21-14-7-5-13(19)6-8-14/h5-8,10H,1-4H3,(H,20,22)(H,21,23)/t10-/m1/s1. The monoisotopic (exact) mass is 394 g/mol. The van der Waals surface area contributed by atoms with Crippen LogP contribution in [0.1, 0.15) is 34.6 Å². The van der Waals surface area contributed by atoms with Gasteiger partial charge in [-0.05, 0) is 50.6 Å². The minimum atomic E-state index is -1.01. The number of amides is 2. The molecule has 1 aromatic heterocycles. The number of nitrogens with one attached hydrogen (secondary N) is 2. The molecule has 0 aliphatic heterocycles. The van der Waals surface area contributed by atoms with Crippen LogP contribution in [0.25, 0.3) is 0 Å². The maximum atomic E-state index is 12.5. The molecule has 0 saturated carbocycles. The van der Waals surface area contributed by atoms with Crippen LogP contribution in [0.5, 0.6) is 0 Å². The van der Waals surface area contributed by atoms with Gasteiger partial charge >= 0.3 is 5.97 Å². The van der Waals surface area contributed by atoms with Gasteiger partial charge in [0.25, 0.3) is 5.91 Å². The van der Waals surface area contributed by atoms with Gasteiger partial charge in [0.05, 0.1) is 5.56 Å².